The van der Waals surface area contributed by atoms with E-state index in [0.717, 1.165) is 5.56 Å². The fourth-order valence-corrected chi connectivity index (χ4v) is 2.37. The Morgan fingerprint density at radius 3 is 2.18 bits per heavy atom. The highest BCUT2D eigenvalue weighted by Crippen LogP contribution is 2.18. The van der Waals surface area contributed by atoms with Crippen LogP contribution in [0.4, 0.5) is 13.2 Å². The summed E-state index contributed by atoms with van der Waals surface area (Å²) in [5.74, 6) is -2.06. The molecule has 120 valence electrons. The number of hydrogen-bond donors (Lipinski definition) is 1. The molecule has 1 aromatic carbocycles. The van der Waals surface area contributed by atoms with Gasteiger partial charge in [-0.1, -0.05) is 17.7 Å². The fourth-order valence-electron chi connectivity index (χ4n) is 2.37. The van der Waals surface area contributed by atoms with E-state index in [1.807, 2.05) is 24.4 Å². The minimum Gasteiger partial charge on any atom is -0.345 e. The summed E-state index contributed by atoms with van der Waals surface area (Å²) in [4.78, 5) is 24.7. The topological polar surface area (TPSA) is 49.4 Å². The lowest BCUT2D eigenvalue weighted by Gasteiger charge is -2.32. The molecule has 2 amide bonds. The third kappa shape index (κ3) is 3.99. The van der Waals surface area contributed by atoms with Crippen LogP contribution in [-0.2, 0) is 4.79 Å². The minimum absolute atomic E-state index is 0.138. The molecule has 0 spiro atoms. The molecule has 0 aliphatic carbocycles. The predicted molar refractivity (Wildman–Crippen MR) is 74.3 cm³/mol. The zero-order valence-corrected chi connectivity index (χ0v) is 12.1. The second kappa shape index (κ2) is 6.37. The lowest BCUT2D eigenvalue weighted by atomic mass is 10.0. The van der Waals surface area contributed by atoms with E-state index in [1.165, 1.54) is 0 Å². The lowest BCUT2D eigenvalue weighted by molar-refractivity contribution is -0.174. The van der Waals surface area contributed by atoms with Crippen LogP contribution in [0.2, 0.25) is 0 Å². The van der Waals surface area contributed by atoms with Gasteiger partial charge in [-0.05, 0) is 31.9 Å². The van der Waals surface area contributed by atoms with Crippen LogP contribution in [0.15, 0.2) is 24.3 Å². The maximum atomic E-state index is 12.3. The normalized spacial score (nSPS) is 16.5. The molecule has 1 fully saturated rings. The molecule has 0 bridgehead atoms. The first-order valence-electron chi connectivity index (χ1n) is 7.01. The second-order valence-corrected chi connectivity index (χ2v) is 5.40. The number of hydrogen-bond acceptors (Lipinski definition) is 2. The molecule has 1 saturated heterocycles. The van der Waals surface area contributed by atoms with Crippen LogP contribution in [0.3, 0.4) is 0 Å². The number of halogens is 3. The van der Waals surface area contributed by atoms with Crippen molar-refractivity contribution in [1.29, 1.82) is 0 Å². The molecule has 2 rings (SSSR count). The quantitative estimate of drug-likeness (QED) is 0.910. The predicted octanol–water partition coefficient (Wildman–Crippen LogP) is 2.28. The molecule has 0 aromatic heterocycles. The molecule has 1 aliphatic heterocycles. The molecule has 0 unspecified atom stereocenters. The van der Waals surface area contributed by atoms with Gasteiger partial charge in [0, 0.05) is 24.7 Å². The first kappa shape index (κ1) is 16.3. The average molecular weight is 314 g/mol. The van der Waals surface area contributed by atoms with Gasteiger partial charge in [-0.3, -0.25) is 9.59 Å². The molecule has 0 radical (unpaired) electrons. The van der Waals surface area contributed by atoms with Crippen molar-refractivity contribution in [2.24, 2.45) is 0 Å². The van der Waals surface area contributed by atoms with Crippen molar-refractivity contribution in [2.45, 2.75) is 32.0 Å². The molecule has 0 atom stereocenters. The van der Waals surface area contributed by atoms with Gasteiger partial charge in [0.2, 0.25) is 0 Å². The maximum absolute atomic E-state index is 12.3. The number of alkyl halides is 3. The molecule has 1 heterocycles. The number of aryl methyl sites for hydroxylation is 1. The number of rotatable bonds is 2. The number of nitrogens with zero attached hydrogens (tertiary/aromatic N) is 1. The number of carbonyl (C=O) groups is 2. The molecule has 22 heavy (non-hydrogen) atoms. The van der Waals surface area contributed by atoms with E-state index in [-0.39, 0.29) is 5.91 Å². The van der Waals surface area contributed by atoms with Crippen LogP contribution in [0.5, 0.6) is 0 Å². The van der Waals surface area contributed by atoms with Crippen LogP contribution in [-0.4, -0.2) is 42.0 Å². The third-order valence-electron chi connectivity index (χ3n) is 3.67. The summed E-state index contributed by atoms with van der Waals surface area (Å²) in [6.07, 6.45) is -4.23. The van der Waals surface area contributed by atoms with Crippen molar-refractivity contribution >= 4 is 11.8 Å². The summed E-state index contributed by atoms with van der Waals surface area (Å²) in [5, 5.41) is 1.96. The zero-order chi connectivity index (χ0) is 16.3. The van der Waals surface area contributed by atoms with Gasteiger partial charge in [0.25, 0.3) is 5.91 Å². The van der Waals surface area contributed by atoms with E-state index >= 15 is 0 Å². The Morgan fingerprint density at radius 2 is 1.68 bits per heavy atom. The molecule has 4 nitrogen and oxygen atoms in total. The molecule has 1 N–H and O–H groups in total. The van der Waals surface area contributed by atoms with Gasteiger partial charge in [0.05, 0.1) is 0 Å². The summed E-state index contributed by atoms with van der Waals surface area (Å²) in [6, 6.07) is 6.59. The fraction of sp³-hybridized carbons (Fsp3) is 0.467. The van der Waals surface area contributed by atoms with E-state index in [0.29, 0.717) is 31.5 Å². The van der Waals surface area contributed by atoms with Crippen LogP contribution in [0.1, 0.15) is 28.8 Å². The highest BCUT2D eigenvalue weighted by atomic mass is 19.4. The average Bonchev–Trinajstić information content (AvgIpc) is 2.47. The number of likely N-dealkylation sites (tertiary alicyclic amines) is 1. The van der Waals surface area contributed by atoms with Crippen molar-refractivity contribution in [2.75, 3.05) is 13.1 Å². The van der Waals surface area contributed by atoms with Crippen molar-refractivity contribution < 1.29 is 22.8 Å². The van der Waals surface area contributed by atoms with Crippen molar-refractivity contribution in [3.63, 3.8) is 0 Å². The van der Waals surface area contributed by atoms with Crippen LogP contribution in [0.25, 0.3) is 0 Å². The standard InChI is InChI=1S/C15H17F3N2O2/c1-10-2-4-11(5-3-10)13(21)20-8-6-12(7-9-20)19-14(22)15(16,17)18/h2-5,12H,6-9H2,1H3,(H,19,22). The van der Waals surface area contributed by atoms with Gasteiger partial charge in [-0.15, -0.1) is 0 Å². The van der Waals surface area contributed by atoms with E-state index < -0.39 is 18.1 Å². The number of benzene rings is 1. The summed E-state index contributed by atoms with van der Waals surface area (Å²) < 4.78 is 36.6. The highest BCUT2D eigenvalue weighted by molar-refractivity contribution is 5.94. The number of carbonyl (C=O) groups excluding carboxylic acids is 2. The molecular weight excluding hydrogens is 297 g/mol. The van der Waals surface area contributed by atoms with Gasteiger partial charge in [0.15, 0.2) is 0 Å². The van der Waals surface area contributed by atoms with Crippen molar-refractivity contribution in [3.05, 3.63) is 35.4 Å². The molecule has 1 aromatic rings. The van der Waals surface area contributed by atoms with Crippen molar-refractivity contribution in [1.82, 2.24) is 10.2 Å². The SMILES string of the molecule is Cc1ccc(C(=O)N2CCC(NC(=O)C(F)(F)F)CC2)cc1. The highest BCUT2D eigenvalue weighted by Gasteiger charge is 2.40. The third-order valence-corrected chi connectivity index (χ3v) is 3.67. The molecular formula is C15H17F3N2O2. The summed E-state index contributed by atoms with van der Waals surface area (Å²) in [5.41, 5.74) is 1.61. The number of piperidine rings is 1. The van der Waals surface area contributed by atoms with Crippen LogP contribution < -0.4 is 5.32 Å². The molecule has 0 saturated carbocycles. The summed E-state index contributed by atoms with van der Waals surface area (Å²) in [6.45, 7) is 2.58. The Balaban J connectivity index is 1.88. The van der Waals surface area contributed by atoms with E-state index in [1.54, 1.807) is 17.0 Å². The van der Waals surface area contributed by atoms with E-state index in [9.17, 15) is 22.8 Å². The van der Waals surface area contributed by atoms with Gasteiger partial charge in [-0.25, -0.2) is 0 Å². The number of nitrogens with one attached hydrogen (secondary N) is 1. The Morgan fingerprint density at radius 1 is 1.14 bits per heavy atom. The minimum atomic E-state index is -4.87. The molecule has 7 heteroatoms. The molecule has 1 aliphatic rings. The van der Waals surface area contributed by atoms with E-state index in [2.05, 4.69) is 0 Å². The smallest absolute Gasteiger partial charge is 0.345 e. The largest absolute Gasteiger partial charge is 0.471 e. The first-order valence-corrected chi connectivity index (χ1v) is 7.01. The van der Waals surface area contributed by atoms with Gasteiger partial charge < -0.3 is 10.2 Å². The lowest BCUT2D eigenvalue weighted by Crippen LogP contribution is -2.49. The van der Waals surface area contributed by atoms with Gasteiger partial charge in [-0.2, -0.15) is 13.2 Å². The monoisotopic (exact) mass is 314 g/mol. The van der Waals surface area contributed by atoms with Crippen molar-refractivity contribution in [3.8, 4) is 0 Å². The first-order chi connectivity index (χ1) is 10.3. The second-order valence-electron chi connectivity index (χ2n) is 5.40. The van der Waals surface area contributed by atoms with Gasteiger partial charge >= 0.3 is 12.1 Å². The zero-order valence-electron chi connectivity index (χ0n) is 12.1. The summed E-state index contributed by atoms with van der Waals surface area (Å²) >= 11 is 0. The Bertz CT molecular complexity index is 547. The van der Waals surface area contributed by atoms with Crippen LogP contribution >= 0.6 is 0 Å². The van der Waals surface area contributed by atoms with Crippen LogP contribution in [0, 0.1) is 6.92 Å². The Kier molecular flexibility index (Phi) is 4.73. The summed E-state index contributed by atoms with van der Waals surface area (Å²) in [7, 11) is 0. The maximum Gasteiger partial charge on any atom is 0.471 e. The van der Waals surface area contributed by atoms with Gasteiger partial charge in [0.1, 0.15) is 0 Å². The number of amides is 2. The Hall–Kier alpha value is -2.05. The van der Waals surface area contributed by atoms with E-state index in [4.69, 9.17) is 0 Å². The Labute approximate surface area is 126 Å².